The van der Waals surface area contributed by atoms with Crippen LogP contribution in [0.5, 0.6) is 5.88 Å². The van der Waals surface area contributed by atoms with E-state index in [-0.39, 0.29) is 36.5 Å². The van der Waals surface area contributed by atoms with E-state index in [2.05, 4.69) is 4.98 Å². The van der Waals surface area contributed by atoms with Crippen LogP contribution in [0.4, 0.5) is 0 Å². The molecule has 1 amide bonds. The van der Waals surface area contributed by atoms with Gasteiger partial charge in [0.2, 0.25) is 5.88 Å². The summed E-state index contributed by atoms with van der Waals surface area (Å²) in [5.74, 6) is 0.122. The highest BCUT2D eigenvalue weighted by molar-refractivity contribution is 7.93. The molecule has 0 aromatic carbocycles. The molecule has 8 heteroatoms. The molecule has 2 aliphatic rings. The van der Waals surface area contributed by atoms with Gasteiger partial charge in [-0.3, -0.25) is 4.79 Å². The van der Waals surface area contributed by atoms with Crippen LogP contribution in [0.2, 0.25) is 0 Å². The molecule has 2 aliphatic heterocycles. The summed E-state index contributed by atoms with van der Waals surface area (Å²) >= 11 is 0. The molecule has 0 saturated carbocycles. The van der Waals surface area contributed by atoms with E-state index in [1.165, 1.54) is 7.11 Å². The number of rotatable bonds is 5. The predicted octanol–water partition coefficient (Wildman–Crippen LogP) is 0.756. The number of sulfone groups is 1. The zero-order valence-electron chi connectivity index (χ0n) is 13.9. The van der Waals surface area contributed by atoms with Crippen LogP contribution in [-0.2, 0) is 14.6 Å². The summed E-state index contributed by atoms with van der Waals surface area (Å²) in [4.78, 5) is 18.2. The van der Waals surface area contributed by atoms with Crippen molar-refractivity contribution < 1.29 is 22.7 Å². The number of hydrogen-bond acceptors (Lipinski definition) is 6. The standard InChI is InChI=1S/C16H22N2O5S/c1-3-23-9-12-6-8-24(20,21)16(12)10-18(11-16)15(19)13-5-4-7-17-14(13)22-2/h4-5,7,12H,3,6,8-11H2,1-2H3/t12-/m0/s1. The number of hydrogen-bond donors (Lipinski definition) is 0. The van der Waals surface area contributed by atoms with Crippen molar-refractivity contribution in [3.8, 4) is 5.88 Å². The molecule has 3 rings (SSSR count). The van der Waals surface area contributed by atoms with Gasteiger partial charge in [0.15, 0.2) is 9.84 Å². The first kappa shape index (κ1) is 17.2. The highest BCUT2D eigenvalue weighted by atomic mass is 32.2. The van der Waals surface area contributed by atoms with E-state index in [0.717, 1.165) is 0 Å². The Kier molecular flexibility index (Phi) is 4.52. The van der Waals surface area contributed by atoms with Gasteiger partial charge in [0.1, 0.15) is 10.3 Å². The fraction of sp³-hybridized carbons (Fsp3) is 0.625. The van der Waals surface area contributed by atoms with Crippen LogP contribution in [0.1, 0.15) is 23.7 Å². The average molecular weight is 354 g/mol. The molecule has 7 nitrogen and oxygen atoms in total. The van der Waals surface area contributed by atoms with Crippen LogP contribution in [0.15, 0.2) is 18.3 Å². The second-order valence-electron chi connectivity index (χ2n) is 6.25. The lowest BCUT2D eigenvalue weighted by atomic mass is 9.83. The van der Waals surface area contributed by atoms with Gasteiger partial charge in [-0.1, -0.05) is 0 Å². The minimum atomic E-state index is -3.21. The number of ether oxygens (including phenoxy) is 2. The Bertz CT molecular complexity index is 728. The fourth-order valence-electron chi connectivity index (χ4n) is 3.60. The largest absolute Gasteiger partial charge is 0.480 e. The lowest BCUT2D eigenvalue weighted by Gasteiger charge is -2.49. The molecule has 0 radical (unpaired) electrons. The van der Waals surface area contributed by atoms with Crippen molar-refractivity contribution in [1.82, 2.24) is 9.88 Å². The van der Waals surface area contributed by atoms with Gasteiger partial charge in [0.05, 0.1) is 19.5 Å². The maximum Gasteiger partial charge on any atom is 0.259 e. The molecule has 1 spiro atoms. The van der Waals surface area contributed by atoms with Crippen molar-refractivity contribution in [2.45, 2.75) is 18.1 Å². The molecule has 1 aromatic heterocycles. The maximum atomic E-state index is 12.7. The zero-order valence-corrected chi connectivity index (χ0v) is 14.7. The van der Waals surface area contributed by atoms with E-state index in [0.29, 0.717) is 25.2 Å². The summed E-state index contributed by atoms with van der Waals surface area (Å²) in [5, 5.41) is 0. The van der Waals surface area contributed by atoms with Crippen LogP contribution < -0.4 is 4.74 Å². The van der Waals surface area contributed by atoms with Crippen molar-refractivity contribution in [3.63, 3.8) is 0 Å². The SMILES string of the molecule is CCOC[C@@H]1CCS(=O)(=O)C12CN(C(=O)c1cccnc1OC)C2. The molecule has 24 heavy (non-hydrogen) atoms. The van der Waals surface area contributed by atoms with Gasteiger partial charge in [-0.2, -0.15) is 0 Å². The Labute approximate surface area is 141 Å². The van der Waals surface area contributed by atoms with Crippen molar-refractivity contribution in [3.05, 3.63) is 23.9 Å². The third-order valence-corrected chi connectivity index (χ3v) is 7.62. The Morgan fingerprint density at radius 2 is 2.21 bits per heavy atom. The van der Waals surface area contributed by atoms with Gasteiger partial charge < -0.3 is 14.4 Å². The molecule has 0 bridgehead atoms. The third kappa shape index (κ3) is 2.57. The number of pyridine rings is 1. The van der Waals surface area contributed by atoms with Crippen molar-refractivity contribution in [2.24, 2.45) is 5.92 Å². The highest BCUT2D eigenvalue weighted by Gasteiger charge is 2.62. The molecule has 3 heterocycles. The molecule has 0 aliphatic carbocycles. The maximum absolute atomic E-state index is 12.7. The summed E-state index contributed by atoms with van der Waals surface area (Å²) in [6.07, 6.45) is 2.15. The van der Waals surface area contributed by atoms with Crippen LogP contribution in [0.3, 0.4) is 0 Å². The third-order valence-electron chi connectivity index (χ3n) is 5.02. The molecular weight excluding hydrogens is 332 g/mol. The Hall–Kier alpha value is -1.67. The first-order valence-electron chi connectivity index (χ1n) is 8.03. The van der Waals surface area contributed by atoms with Gasteiger partial charge in [-0.05, 0) is 25.5 Å². The number of likely N-dealkylation sites (tertiary alicyclic amines) is 1. The number of nitrogens with zero attached hydrogens (tertiary/aromatic N) is 2. The molecule has 0 N–H and O–H groups in total. The van der Waals surface area contributed by atoms with E-state index in [1.807, 2.05) is 6.92 Å². The van der Waals surface area contributed by atoms with E-state index in [4.69, 9.17) is 9.47 Å². The Balaban J connectivity index is 1.78. The van der Waals surface area contributed by atoms with Crippen LogP contribution in [-0.4, -0.2) is 68.1 Å². The van der Waals surface area contributed by atoms with Gasteiger partial charge >= 0.3 is 0 Å². The molecule has 1 aromatic rings. The summed E-state index contributed by atoms with van der Waals surface area (Å²) in [6.45, 7) is 3.30. The Morgan fingerprint density at radius 1 is 1.46 bits per heavy atom. The van der Waals surface area contributed by atoms with Gasteiger partial charge in [0, 0.05) is 31.8 Å². The van der Waals surface area contributed by atoms with E-state index in [1.54, 1.807) is 23.2 Å². The van der Waals surface area contributed by atoms with E-state index < -0.39 is 14.6 Å². The van der Waals surface area contributed by atoms with E-state index in [9.17, 15) is 13.2 Å². The van der Waals surface area contributed by atoms with E-state index >= 15 is 0 Å². The second-order valence-corrected chi connectivity index (χ2v) is 8.70. The minimum Gasteiger partial charge on any atom is -0.480 e. The van der Waals surface area contributed by atoms with Crippen LogP contribution >= 0.6 is 0 Å². The smallest absolute Gasteiger partial charge is 0.259 e. The highest BCUT2D eigenvalue weighted by Crippen LogP contribution is 2.45. The van der Waals surface area contributed by atoms with Gasteiger partial charge in [0.25, 0.3) is 5.91 Å². The lowest BCUT2D eigenvalue weighted by Crippen LogP contribution is -2.68. The molecular formula is C16H22N2O5S. The first-order chi connectivity index (χ1) is 11.4. The normalized spacial score (nSPS) is 23.9. The average Bonchev–Trinajstić information content (AvgIpc) is 2.81. The number of methoxy groups -OCH3 is 1. The summed E-state index contributed by atoms with van der Waals surface area (Å²) in [7, 11) is -1.76. The predicted molar refractivity (Wildman–Crippen MR) is 87.8 cm³/mol. The second kappa shape index (κ2) is 6.33. The minimum absolute atomic E-state index is 0.0534. The molecule has 2 fully saturated rings. The molecule has 0 unspecified atom stereocenters. The topological polar surface area (TPSA) is 85.8 Å². The summed E-state index contributed by atoms with van der Waals surface area (Å²) in [6, 6.07) is 3.30. The van der Waals surface area contributed by atoms with Crippen molar-refractivity contribution in [1.29, 1.82) is 0 Å². The molecule has 2 saturated heterocycles. The number of carbonyl (C=O) groups excluding carboxylic acids is 1. The molecule has 132 valence electrons. The Morgan fingerprint density at radius 3 is 2.88 bits per heavy atom. The number of carbonyl (C=O) groups is 1. The molecule has 1 atom stereocenters. The van der Waals surface area contributed by atoms with Crippen molar-refractivity contribution >= 4 is 15.7 Å². The summed E-state index contributed by atoms with van der Waals surface area (Å²) in [5.41, 5.74) is 0.353. The monoisotopic (exact) mass is 354 g/mol. The summed E-state index contributed by atoms with van der Waals surface area (Å²) < 4.78 is 34.8. The number of aromatic nitrogens is 1. The van der Waals surface area contributed by atoms with Crippen LogP contribution in [0, 0.1) is 5.92 Å². The van der Waals surface area contributed by atoms with Crippen LogP contribution in [0.25, 0.3) is 0 Å². The van der Waals surface area contributed by atoms with Crippen molar-refractivity contribution in [2.75, 3.05) is 39.2 Å². The quantitative estimate of drug-likeness (QED) is 0.776. The first-order valence-corrected chi connectivity index (χ1v) is 9.68. The van der Waals surface area contributed by atoms with Gasteiger partial charge in [-0.15, -0.1) is 0 Å². The number of amides is 1. The lowest BCUT2D eigenvalue weighted by molar-refractivity contribution is 0.0268. The van der Waals surface area contributed by atoms with Gasteiger partial charge in [-0.25, -0.2) is 13.4 Å². The zero-order chi connectivity index (χ0) is 17.4. The fourth-order valence-corrected chi connectivity index (χ4v) is 6.00.